The number of nitriles is 2. The van der Waals surface area contributed by atoms with Crippen molar-refractivity contribution in [2.75, 3.05) is 18.0 Å². The molecule has 212 valence electrons. The van der Waals surface area contributed by atoms with Crippen molar-refractivity contribution in [3.8, 4) is 24.0 Å². The third kappa shape index (κ3) is 5.95. The molecule has 0 radical (unpaired) electrons. The fourth-order valence-electron chi connectivity index (χ4n) is 4.92. The number of hydrogen-bond donors (Lipinski definition) is 1. The maximum absolute atomic E-state index is 13.9. The van der Waals surface area contributed by atoms with Gasteiger partial charge < -0.3 is 15.0 Å². The fourth-order valence-corrected chi connectivity index (χ4v) is 4.92. The molecule has 3 aromatic rings. The van der Waals surface area contributed by atoms with Gasteiger partial charge in [-0.15, -0.1) is 5.92 Å². The molecule has 1 atom stereocenters. The third-order valence-electron chi connectivity index (χ3n) is 6.78. The summed E-state index contributed by atoms with van der Waals surface area (Å²) in [4.78, 5) is 46.4. The lowest BCUT2D eigenvalue weighted by atomic mass is 10.0. The molecular formula is C29H32N8O4. The van der Waals surface area contributed by atoms with Gasteiger partial charge in [0, 0.05) is 31.7 Å². The van der Waals surface area contributed by atoms with E-state index in [0.717, 1.165) is 17.4 Å². The molecule has 41 heavy (non-hydrogen) atoms. The Hall–Kier alpha value is -5.02. The number of aromatic nitrogens is 4. The molecule has 1 fully saturated rings. The minimum Gasteiger partial charge on any atom is -0.444 e. The van der Waals surface area contributed by atoms with Gasteiger partial charge in [0.05, 0.1) is 36.4 Å². The maximum atomic E-state index is 13.9. The van der Waals surface area contributed by atoms with Crippen molar-refractivity contribution in [1.82, 2.24) is 24.0 Å². The van der Waals surface area contributed by atoms with E-state index in [1.807, 2.05) is 17.0 Å². The van der Waals surface area contributed by atoms with Crippen LogP contribution in [-0.2, 0) is 24.9 Å². The normalized spacial score (nSPS) is 15.0. The molecular weight excluding hydrogens is 524 g/mol. The summed E-state index contributed by atoms with van der Waals surface area (Å²) in [6, 6.07) is 8.54. The number of alkyl carbamates (subject to hydrolysis) is 1. The number of aryl methyl sites for hydroxylation is 1. The van der Waals surface area contributed by atoms with E-state index in [9.17, 15) is 24.9 Å². The van der Waals surface area contributed by atoms with Gasteiger partial charge in [-0.25, -0.2) is 9.59 Å². The number of fused-ring (bicyclic) bond motifs is 1. The molecule has 0 unspecified atom stereocenters. The first kappa shape index (κ1) is 29.0. The molecule has 1 amide bonds. The number of nitrogens with one attached hydrogen (secondary N) is 1. The average Bonchev–Trinajstić information content (AvgIpc) is 3.31. The van der Waals surface area contributed by atoms with E-state index in [4.69, 9.17) is 9.72 Å². The summed E-state index contributed by atoms with van der Waals surface area (Å²) in [6.45, 7) is 8.03. The first-order valence-corrected chi connectivity index (χ1v) is 13.2. The zero-order chi connectivity index (χ0) is 29.9. The maximum Gasteiger partial charge on any atom is 0.407 e. The number of nitrogens with zero attached hydrogens (tertiary/aromatic N) is 7. The highest BCUT2D eigenvalue weighted by atomic mass is 16.6. The molecule has 1 N–H and O–H groups in total. The number of benzene rings is 1. The second kappa shape index (κ2) is 11.6. The highest BCUT2D eigenvalue weighted by molar-refractivity contribution is 5.75. The van der Waals surface area contributed by atoms with E-state index in [1.165, 1.54) is 11.6 Å². The number of piperidine rings is 1. The van der Waals surface area contributed by atoms with E-state index in [0.29, 0.717) is 24.6 Å². The summed E-state index contributed by atoms with van der Waals surface area (Å²) >= 11 is 0. The first-order chi connectivity index (χ1) is 19.5. The van der Waals surface area contributed by atoms with E-state index < -0.39 is 22.9 Å². The molecule has 4 rings (SSSR count). The number of hydrogen-bond acceptors (Lipinski definition) is 8. The second-order valence-electron chi connectivity index (χ2n) is 10.8. The van der Waals surface area contributed by atoms with Crippen LogP contribution in [0.4, 0.5) is 10.7 Å². The summed E-state index contributed by atoms with van der Waals surface area (Å²) in [5, 5.41) is 22.1. The van der Waals surface area contributed by atoms with Crippen LogP contribution in [-0.4, -0.2) is 49.5 Å². The number of ether oxygens (including phenoxy) is 1. The van der Waals surface area contributed by atoms with Crippen molar-refractivity contribution in [3.63, 3.8) is 0 Å². The quantitative estimate of drug-likeness (QED) is 0.470. The number of anilines is 1. The first-order valence-electron chi connectivity index (χ1n) is 13.2. The summed E-state index contributed by atoms with van der Waals surface area (Å²) in [5.41, 5.74) is -0.764. The molecule has 1 aromatic carbocycles. The van der Waals surface area contributed by atoms with Gasteiger partial charge in [-0.1, -0.05) is 12.0 Å². The number of carbonyl (C=O) groups excluding carboxylic acids is 1. The average molecular weight is 557 g/mol. The molecule has 1 aliphatic heterocycles. The highest BCUT2D eigenvalue weighted by Crippen LogP contribution is 2.24. The van der Waals surface area contributed by atoms with E-state index in [1.54, 1.807) is 50.5 Å². The van der Waals surface area contributed by atoms with Crippen LogP contribution in [0.1, 0.15) is 57.2 Å². The summed E-state index contributed by atoms with van der Waals surface area (Å²) < 4.78 is 9.40. The van der Waals surface area contributed by atoms with Gasteiger partial charge in [0.25, 0.3) is 5.56 Å². The Labute approximate surface area is 237 Å². The number of carbonyl (C=O) groups is 1. The molecule has 1 saturated heterocycles. The third-order valence-corrected chi connectivity index (χ3v) is 6.78. The largest absolute Gasteiger partial charge is 0.444 e. The van der Waals surface area contributed by atoms with Crippen molar-refractivity contribution in [3.05, 3.63) is 55.7 Å². The second-order valence-corrected chi connectivity index (χ2v) is 10.8. The SMILES string of the molecule is CC#CCn1c(N2CCC[C@@H](NC(=O)OC(C)(C)C)C2)nc2c1c(=O)n(Cc1c(C#N)cccc1C#N)c(=O)n2C. The fraction of sp³-hybridized carbons (Fsp3) is 0.448. The van der Waals surface area contributed by atoms with Crippen LogP contribution in [0.5, 0.6) is 0 Å². The van der Waals surface area contributed by atoms with Gasteiger partial charge in [0.2, 0.25) is 5.95 Å². The highest BCUT2D eigenvalue weighted by Gasteiger charge is 2.29. The lowest BCUT2D eigenvalue weighted by Gasteiger charge is -2.34. The molecule has 3 heterocycles. The van der Waals surface area contributed by atoms with Crippen molar-refractivity contribution in [2.24, 2.45) is 7.05 Å². The van der Waals surface area contributed by atoms with Crippen molar-refractivity contribution >= 4 is 23.2 Å². The minimum absolute atomic E-state index is 0.147. The molecule has 1 aliphatic rings. The van der Waals surface area contributed by atoms with Crippen LogP contribution in [0.3, 0.4) is 0 Å². The standard InChI is InChI=1S/C29H32N8O4/c1-6-7-14-36-23-24(33-26(36)35-13-9-12-21(17-35)32-27(39)41-29(2,3)4)34(5)28(40)37(25(23)38)18-22-19(15-30)10-8-11-20(22)16-31/h8,10-11,21H,9,12-14,17-18H2,1-5H3,(H,32,39)/t21-/m1/s1. The van der Waals surface area contributed by atoms with Gasteiger partial charge in [0.15, 0.2) is 11.2 Å². The molecule has 0 bridgehead atoms. The van der Waals surface area contributed by atoms with Crippen molar-refractivity contribution in [1.29, 1.82) is 10.5 Å². The monoisotopic (exact) mass is 556 g/mol. The summed E-state index contributed by atoms with van der Waals surface area (Å²) in [6.07, 6.45) is 0.998. The molecule has 12 heteroatoms. The lowest BCUT2D eigenvalue weighted by molar-refractivity contribution is 0.0499. The predicted octanol–water partition coefficient (Wildman–Crippen LogP) is 2.21. The van der Waals surface area contributed by atoms with E-state index >= 15 is 0 Å². The van der Waals surface area contributed by atoms with Gasteiger partial charge in [0.1, 0.15) is 5.60 Å². The van der Waals surface area contributed by atoms with E-state index in [-0.39, 0.29) is 41.4 Å². The van der Waals surface area contributed by atoms with Crippen LogP contribution in [0.25, 0.3) is 11.2 Å². The zero-order valence-corrected chi connectivity index (χ0v) is 23.8. The lowest BCUT2D eigenvalue weighted by Crippen LogP contribution is -2.49. The summed E-state index contributed by atoms with van der Waals surface area (Å²) in [7, 11) is 1.53. The van der Waals surface area contributed by atoms with Crippen molar-refractivity contribution in [2.45, 2.75) is 65.3 Å². The molecule has 0 saturated carbocycles. The number of amides is 1. The molecule has 2 aromatic heterocycles. The van der Waals surface area contributed by atoms with Crippen LogP contribution >= 0.6 is 0 Å². The van der Waals surface area contributed by atoms with Gasteiger partial charge in [-0.05, 0) is 52.7 Å². The summed E-state index contributed by atoms with van der Waals surface area (Å²) in [5.74, 6) is 6.30. The molecule has 0 aliphatic carbocycles. The Bertz CT molecular complexity index is 1730. The number of rotatable bonds is 5. The Morgan fingerprint density at radius 3 is 2.46 bits per heavy atom. The zero-order valence-electron chi connectivity index (χ0n) is 23.8. The van der Waals surface area contributed by atoms with E-state index in [2.05, 4.69) is 17.2 Å². The molecule has 12 nitrogen and oxygen atoms in total. The van der Waals surface area contributed by atoms with Gasteiger partial charge in [-0.3, -0.25) is 18.5 Å². The minimum atomic E-state index is -0.627. The van der Waals surface area contributed by atoms with Crippen LogP contribution < -0.4 is 21.5 Å². The smallest absolute Gasteiger partial charge is 0.407 e. The van der Waals surface area contributed by atoms with Crippen molar-refractivity contribution < 1.29 is 9.53 Å². The van der Waals surface area contributed by atoms with Crippen LogP contribution in [0.2, 0.25) is 0 Å². The topological polar surface area (TPSA) is 151 Å². The number of imidazole rings is 1. The Morgan fingerprint density at radius 1 is 1.17 bits per heavy atom. The Kier molecular flexibility index (Phi) is 8.21. The van der Waals surface area contributed by atoms with Crippen LogP contribution in [0.15, 0.2) is 27.8 Å². The Balaban J connectivity index is 1.81. The Morgan fingerprint density at radius 2 is 1.85 bits per heavy atom. The predicted molar refractivity (Wildman–Crippen MR) is 152 cm³/mol. The van der Waals surface area contributed by atoms with Crippen LogP contribution in [0, 0.1) is 34.5 Å². The van der Waals surface area contributed by atoms with Gasteiger partial charge >= 0.3 is 11.8 Å². The molecule has 0 spiro atoms. The van der Waals surface area contributed by atoms with Gasteiger partial charge in [-0.2, -0.15) is 15.5 Å².